The Morgan fingerprint density at radius 3 is 1.22 bits per heavy atom. The lowest BCUT2D eigenvalue weighted by Crippen LogP contribution is -2.28. The zero-order chi connectivity index (χ0) is 38.2. The van der Waals surface area contributed by atoms with Crippen LogP contribution in [-0.4, -0.2) is 9.79 Å². The molecule has 0 aromatic heterocycles. The maximum Gasteiger partial charge on any atom is 0.391 e. The number of benzene rings is 3. The highest BCUT2D eigenvalue weighted by Crippen LogP contribution is 2.51. The van der Waals surface area contributed by atoms with E-state index in [9.17, 15) is 9.79 Å². The Morgan fingerprint density at radius 2 is 0.880 bits per heavy atom. The largest absolute Gasteiger partial charge is 0.427 e. The van der Waals surface area contributed by atoms with E-state index in [4.69, 9.17) is 4.52 Å². The zero-order valence-electron chi connectivity index (χ0n) is 34.9. The van der Waals surface area contributed by atoms with Gasteiger partial charge in [-0.25, -0.2) is 0 Å². The van der Waals surface area contributed by atoms with Crippen LogP contribution < -0.4 is 4.52 Å². The van der Waals surface area contributed by atoms with Crippen molar-refractivity contribution in [2.75, 3.05) is 0 Å². The lowest BCUT2D eigenvalue weighted by molar-refractivity contribution is 0.366. The summed E-state index contributed by atoms with van der Waals surface area (Å²) in [5, 5.41) is 0. The fourth-order valence-corrected chi connectivity index (χ4v) is 8.01. The van der Waals surface area contributed by atoms with E-state index in [1.54, 1.807) is 0 Å². The van der Waals surface area contributed by atoms with E-state index in [-0.39, 0.29) is 33.0 Å². The molecule has 2 N–H and O–H groups in total. The Bertz CT molecular complexity index is 1550. The number of hydrogen-bond donors (Lipinski definition) is 2. The van der Waals surface area contributed by atoms with Crippen LogP contribution in [0, 0.1) is 13.8 Å². The summed E-state index contributed by atoms with van der Waals surface area (Å²) < 4.78 is 5.91. The van der Waals surface area contributed by atoms with Crippen LogP contribution in [0.1, 0.15) is 198 Å². The van der Waals surface area contributed by atoms with E-state index in [1.165, 1.54) is 50.1 Å². The second kappa shape index (κ2) is 15.4. The first-order valence-electron chi connectivity index (χ1n) is 19.3. The van der Waals surface area contributed by atoms with Gasteiger partial charge in [0.2, 0.25) is 0 Å². The molecule has 0 unspecified atom stereocenters. The van der Waals surface area contributed by atoms with Crippen molar-refractivity contribution in [3.8, 4) is 5.75 Å². The van der Waals surface area contributed by atoms with E-state index in [0.717, 1.165) is 37.7 Å². The number of rotatable bonds is 15. The van der Waals surface area contributed by atoms with E-state index < -0.39 is 8.60 Å². The molecule has 3 nitrogen and oxygen atoms in total. The monoisotopic (exact) mass is 703 g/mol. The third-order valence-corrected chi connectivity index (χ3v) is 13.3. The summed E-state index contributed by atoms with van der Waals surface area (Å²) in [6.45, 7) is 39.6. The number of hydrogen-bond acceptors (Lipinski definition) is 3. The molecule has 0 aliphatic carbocycles. The first kappa shape index (κ1) is 42.2. The van der Waals surface area contributed by atoms with Crippen molar-refractivity contribution in [1.29, 1.82) is 0 Å². The van der Waals surface area contributed by atoms with Crippen LogP contribution >= 0.6 is 8.60 Å². The summed E-state index contributed by atoms with van der Waals surface area (Å²) in [7, 11) is -2.59. The fraction of sp³-hybridized carbons (Fsp3) is 0.609. The average molecular weight is 703 g/mol. The van der Waals surface area contributed by atoms with Crippen molar-refractivity contribution in [3.63, 3.8) is 0 Å². The van der Waals surface area contributed by atoms with Crippen molar-refractivity contribution in [3.05, 3.63) is 98.1 Å². The summed E-state index contributed by atoms with van der Waals surface area (Å²) in [5.41, 5.74) is 12.8. The number of aryl methyl sites for hydroxylation is 2. The maximum atomic E-state index is 10.2. The molecule has 50 heavy (non-hydrogen) atoms. The molecule has 278 valence electrons. The van der Waals surface area contributed by atoms with Gasteiger partial charge in [0.25, 0.3) is 0 Å². The van der Waals surface area contributed by atoms with Crippen LogP contribution in [0.2, 0.25) is 0 Å². The highest BCUT2D eigenvalue weighted by atomic mass is 31.2. The molecule has 3 rings (SSSR count). The Labute approximate surface area is 308 Å². The van der Waals surface area contributed by atoms with Crippen molar-refractivity contribution < 1.29 is 14.3 Å². The predicted octanol–water partition coefficient (Wildman–Crippen LogP) is 13.5. The molecule has 4 heteroatoms. The predicted molar refractivity (Wildman–Crippen MR) is 218 cm³/mol. The molecule has 3 aromatic rings. The third kappa shape index (κ3) is 8.37. The van der Waals surface area contributed by atoms with Gasteiger partial charge in [0.1, 0.15) is 5.75 Å². The van der Waals surface area contributed by atoms with Crippen molar-refractivity contribution in [2.24, 2.45) is 0 Å². The molecule has 0 amide bonds. The Kier molecular flexibility index (Phi) is 13.0. The van der Waals surface area contributed by atoms with Gasteiger partial charge in [0.15, 0.2) is 0 Å². The molecule has 0 fully saturated rings. The highest BCUT2D eigenvalue weighted by molar-refractivity contribution is 7.39. The van der Waals surface area contributed by atoms with Gasteiger partial charge in [-0.15, -0.1) is 0 Å². The molecular weight excluding hydrogens is 631 g/mol. The average Bonchev–Trinajstić information content (AvgIpc) is 3.04. The minimum absolute atomic E-state index is 0.0402. The molecular formula is C46H71O3P. The first-order chi connectivity index (χ1) is 23.0. The van der Waals surface area contributed by atoms with Gasteiger partial charge in [0.05, 0.1) is 0 Å². The molecule has 0 atom stereocenters. The summed E-state index contributed by atoms with van der Waals surface area (Å²) in [5.74, 6) is 0.448. The van der Waals surface area contributed by atoms with Gasteiger partial charge in [-0.05, 0) is 129 Å². The summed E-state index contributed by atoms with van der Waals surface area (Å²) in [6.07, 6.45) is 5.00. The summed E-state index contributed by atoms with van der Waals surface area (Å²) in [4.78, 5) is 20.5. The summed E-state index contributed by atoms with van der Waals surface area (Å²) >= 11 is 0. The van der Waals surface area contributed by atoms with Gasteiger partial charge in [-0.1, -0.05) is 140 Å². The van der Waals surface area contributed by atoms with Crippen molar-refractivity contribution >= 4 is 8.60 Å². The van der Waals surface area contributed by atoms with Crippen molar-refractivity contribution in [1.82, 2.24) is 0 Å². The molecule has 0 saturated heterocycles. The molecule has 0 aliphatic rings. The second-order valence-electron chi connectivity index (χ2n) is 18.2. The van der Waals surface area contributed by atoms with Gasteiger partial charge in [0, 0.05) is 11.5 Å². The molecule has 0 bridgehead atoms. The topological polar surface area (TPSA) is 49.7 Å². The van der Waals surface area contributed by atoms with Crippen LogP contribution in [-0.2, 0) is 27.1 Å². The minimum atomic E-state index is -2.59. The second-order valence-corrected chi connectivity index (χ2v) is 18.9. The van der Waals surface area contributed by atoms with Gasteiger partial charge >= 0.3 is 8.60 Å². The maximum absolute atomic E-state index is 10.2. The van der Waals surface area contributed by atoms with Crippen LogP contribution in [0.15, 0.2) is 42.5 Å². The van der Waals surface area contributed by atoms with Gasteiger partial charge in [-0.3, -0.25) is 0 Å². The Morgan fingerprint density at radius 1 is 0.520 bits per heavy atom. The highest BCUT2D eigenvalue weighted by Gasteiger charge is 2.38. The lowest BCUT2D eigenvalue weighted by Gasteiger charge is -2.39. The molecule has 0 aliphatic heterocycles. The van der Waals surface area contributed by atoms with Crippen LogP contribution in [0.5, 0.6) is 5.75 Å². The minimum Gasteiger partial charge on any atom is -0.427 e. The van der Waals surface area contributed by atoms with Crippen LogP contribution in [0.3, 0.4) is 0 Å². The van der Waals surface area contributed by atoms with Gasteiger partial charge in [-0.2, -0.15) is 0 Å². The molecule has 0 saturated carbocycles. The Balaban J connectivity index is 2.78. The fourth-order valence-electron chi connectivity index (χ4n) is 7.69. The Hall–Kier alpha value is -2.19. The SMILES string of the molecule is CCC(C)(C)c1cc(C(C)(C)CC)c(C(c2cc(C)c(C(C)(C)CC)cc2C(C)(C)CC)c2cccc(OP(O)O)c2C(C)(C)CC)cc1C. The van der Waals surface area contributed by atoms with Crippen molar-refractivity contribution in [2.45, 2.75) is 183 Å². The quantitative estimate of drug-likeness (QED) is 0.122. The lowest BCUT2D eigenvalue weighted by atomic mass is 9.65. The van der Waals surface area contributed by atoms with E-state index in [0.29, 0.717) is 5.75 Å². The molecule has 0 spiro atoms. The van der Waals surface area contributed by atoms with Crippen LogP contribution in [0.25, 0.3) is 0 Å². The van der Waals surface area contributed by atoms with Gasteiger partial charge < -0.3 is 14.3 Å². The molecule has 3 aromatic carbocycles. The molecule has 0 radical (unpaired) electrons. The first-order valence-corrected chi connectivity index (χ1v) is 20.4. The van der Waals surface area contributed by atoms with E-state index in [2.05, 4.69) is 148 Å². The van der Waals surface area contributed by atoms with E-state index >= 15 is 0 Å². The third-order valence-electron chi connectivity index (χ3n) is 13.0. The smallest absolute Gasteiger partial charge is 0.391 e. The standard InChI is InChI=1S/C46H71O3P/c1-18-42(8,9)35-28-37(44(12,13)20-3)33(26-30(35)6)40(32-24-23-25-39(49-50(47)48)41(32)46(16,17)22-5)34-27-31(7)36(43(10,11)19-2)29-38(34)45(14,15)21-4/h23-29,40,47-48H,18-22H2,1-17H3. The normalized spacial score (nSPS) is 13.5. The van der Waals surface area contributed by atoms with E-state index in [1.807, 2.05) is 12.1 Å². The van der Waals surface area contributed by atoms with Crippen LogP contribution in [0.4, 0.5) is 0 Å². The zero-order valence-corrected chi connectivity index (χ0v) is 35.8. The summed E-state index contributed by atoms with van der Waals surface area (Å²) in [6, 6.07) is 16.3. The molecule has 0 heterocycles.